The van der Waals surface area contributed by atoms with E-state index in [-0.39, 0.29) is 22.7 Å². The molecule has 118 valence electrons. The van der Waals surface area contributed by atoms with Crippen LogP contribution in [0.5, 0.6) is 0 Å². The number of sulfone groups is 1. The first-order valence-corrected chi connectivity index (χ1v) is 8.83. The third-order valence-electron chi connectivity index (χ3n) is 2.92. The van der Waals surface area contributed by atoms with Crippen LogP contribution in [-0.2, 0) is 21.0 Å². The Hall–Kier alpha value is -1.95. The predicted molar refractivity (Wildman–Crippen MR) is 86.0 cm³/mol. The summed E-state index contributed by atoms with van der Waals surface area (Å²) in [6.07, 6.45) is 3.42. The van der Waals surface area contributed by atoms with Gasteiger partial charge in [-0.15, -0.1) is 0 Å². The van der Waals surface area contributed by atoms with Crippen molar-refractivity contribution in [3.05, 3.63) is 53.7 Å². The summed E-state index contributed by atoms with van der Waals surface area (Å²) in [5.41, 5.74) is 0.676. The van der Waals surface area contributed by atoms with Gasteiger partial charge in [0, 0.05) is 5.41 Å². The Bertz CT molecular complexity index is 741. The van der Waals surface area contributed by atoms with Crippen molar-refractivity contribution in [2.45, 2.75) is 31.9 Å². The van der Waals surface area contributed by atoms with E-state index in [1.54, 1.807) is 12.2 Å². The smallest absolute Gasteiger partial charge is 0.232 e. The van der Waals surface area contributed by atoms with Crippen molar-refractivity contribution in [1.29, 1.82) is 0 Å². The second-order valence-corrected chi connectivity index (χ2v) is 8.24. The lowest BCUT2D eigenvalue weighted by Crippen LogP contribution is -2.12. The zero-order valence-electron chi connectivity index (χ0n) is 13.0. The van der Waals surface area contributed by atoms with Crippen molar-refractivity contribution in [3.8, 4) is 0 Å². The summed E-state index contributed by atoms with van der Waals surface area (Å²) in [6.45, 7) is 5.80. The zero-order chi connectivity index (χ0) is 16.2. The van der Waals surface area contributed by atoms with Crippen molar-refractivity contribution in [3.63, 3.8) is 0 Å². The highest BCUT2D eigenvalue weighted by molar-refractivity contribution is 7.90. The van der Waals surface area contributed by atoms with Gasteiger partial charge in [0.1, 0.15) is 5.75 Å². The predicted octanol–water partition coefficient (Wildman–Crippen LogP) is 3.00. The van der Waals surface area contributed by atoms with Crippen LogP contribution in [0.3, 0.4) is 0 Å². The van der Waals surface area contributed by atoms with Crippen LogP contribution in [0, 0.1) is 0 Å². The highest BCUT2D eigenvalue weighted by Gasteiger charge is 2.23. The van der Waals surface area contributed by atoms with Crippen molar-refractivity contribution in [2.24, 2.45) is 0 Å². The number of rotatable bonds is 5. The molecule has 0 amide bonds. The maximum Gasteiger partial charge on any atom is 0.232 e. The Balaban J connectivity index is 1.99. The van der Waals surface area contributed by atoms with Crippen molar-refractivity contribution < 1.29 is 12.9 Å². The standard InChI is InChI=1S/C16H20N2O3S/c1-16(2,3)15-17-14(18-21-15)12-22(19,20)11-7-10-13-8-5-4-6-9-13/h4-10H,11-12H2,1-3H3. The van der Waals surface area contributed by atoms with Gasteiger partial charge in [0.2, 0.25) is 5.89 Å². The molecule has 22 heavy (non-hydrogen) atoms. The third-order valence-corrected chi connectivity index (χ3v) is 4.32. The summed E-state index contributed by atoms with van der Waals surface area (Å²) < 4.78 is 29.3. The molecule has 0 saturated carbocycles. The molecule has 0 aliphatic rings. The molecular weight excluding hydrogens is 300 g/mol. The first-order chi connectivity index (χ1) is 10.3. The molecule has 2 aromatic rings. The minimum Gasteiger partial charge on any atom is -0.339 e. The van der Waals surface area contributed by atoms with E-state index in [1.165, 1.54) is 0 Å². The van der Waals surface area contributed by atoms with Crippen molar-refractivity contribution in [1.82, 2.24) is 10.1 Å². The van der Waals surface area contributed by atoms with Crippen LogP contribution < -0.4 is 0 Å². The second-order valence-electron chi connectivity index (χ2n) is 6.13. The minimum absolute atomic E-state index is 0.0543. The van der Waals surface area contributed by atoms with Crippen molar-refractivity contribution >= 4 is 15.9 Å². The maximum absolute atomic E-state index is 12.1. The van der Waals surface area contributed by atoms with Gasteiger partial charge in [0.25, 0.3) is 0 Å². The van der Waals surface area contributed by atoms with E-state index in [4.69, 9.17) is 4.52 Å². The van der Waals surface area contributed by atoms with Gasteiger partial charge in [-0.1, -0.05) is 68.4 Å². The van der Waals surface area contributed by atoms with Gasteiger partial charge in [-0.05, 0) is 5.56 Å². The van der Waals surface area contributed by atoms with Gasteiger partial charge >= 0.3 is 0 Å². The second kappa shape index (κ2) is 6.44. The molecule has 1 aromatic heterocycles. The average molecular weight is 320 g/mol. The largest absolute Gasteiger partial charge is 0.339 e. The van der Waals surface area contributed by atoms with Crippen LogP contribution >= 0.6 is 0 Å². The molecule has 0 atom stereocenters. The number of hydrogen-bond acceptors (Lipinski definition) is 5. The van der Waals surface area contributed by atoms with E-state index < -0.39 is 9.84 Å². The fourth-order valence-electron chi connectivity index (χ4n) is 1.77. The third kappa shape index (κ3) is 4.80. The molecule has 0 N–H and O–H groups in total. The van der Waals surface area contributed by atoms with Gasteiger partial charge < -0.3 is 4.52 Å². The van der Waals surface area contributed by atoms with Crippen LogP contribution in [0.15, 0.2) is 40.9 Å². The lowest BCUT2D eigenvalue weighted by atomic mass is 9.97. The van der Waals surface area contributed by atoms with E-state index in [9.17, 15) is 8.42 Å². The fourth-order valence-corrected chi connectivity index (χ4v) is 2.79. The van der Waals surface area contributed by atoms with E-state index in [1.807, 2.05) is 51.1 Å². The maximum atomic E-state index is 12.1. The van der Waals surface area contributed by atoms with Crippen molar-refractivity contribution in [2.75, 3.05) is 5.75 Å². The van der Waals surface area contributed by atoms with Crippen LogP contribution in [0.25, 0.3) is 6.08 Å². The summed E-state index contributed by atoms with van der Waals surface area (Å²) in [6, 6.07) is 9.55. The Morgan fingerprint density at radius 2 is 1.86 bits per heavy atom. The quantitative estimate of drug-likeness (QED) is 0.846. The van der Waals surface area contributed by atoms with Crippen LogP contribution in [0.1, 0.15) is 38.0 Å². The van der Waals surface area contributed by atoms with Gasteiger partial charge in [0.15, 0.2) is 15.7 Å². The first-order valence-electron chi connectivity index (χ1n) is 7.01. The molecular formula is C16H20N2O3S. The highest BCUT2D eigenvalue weighted by Crippen LogP contribution is 2.20. The number of benzene rings is 1. The Kier molecular flexibility index (Phi) is 4.81. The normalized spacial score (nSPS) is 12.9. The molecule has 0 aliphatic heterocycles. The number of aromatic nitrogens is 2. The van der Waals surface area contributed by atoms with Gasteiger partial charge in [-0.2, -0.15) is 4.98 Å². The monoisotopic (exact) mass is 320 g/mol. The van der Waals surface area contributed by atoms with Gasteiger partial charge in [0.05, 0.1) is 5.75 Å². The fraction of sp³-hybridized carbons (Fsp3) is 0.375. The van der Waals surface area contributed by atoms with E-state index in [0.717, 1.165) is 5.56 Å². The molecule has 1 aromatic carbocycles. The first kappa shape index (κ1) is 16.4. The zero-order valence-corrected chi connectivity index (χ0v) is 13.8. The Labute approximate surface area is 131 Å². The molecule has 0 radical (unpaired) electrons. The lowest BCUT2D eigenvalue weighted by molar-refractivity contribution is 0.319. The molecule has 0 bridgehead atoms. The molecule has 2 rings (SSSR count). The number of hydrogen-bond donors (Lipinski definition) is 0. The summed E-state index contributed by atoms with van der Waals surface area (Å²) in [5, 5.41) is 3.74. The highest BCUT2D eigenvalue weighted by atomic mass is 32.2. The van der Waals surface area contributed by atoms with E-state index in [2.05, 4.69) is 10.1 Å². The van der Waals surface area contributed by atoms with E-state index in [0.29, 0.717) is 5.89 Å². The summed E-state index contributed by atoms with van der Waals surface area (Å²) in [4.78, 5) is 4.15. The molecule has 0 saturated heterocycles. The van der Waals surface area contributed by atoms with Gasteiger partial charge in [-0.3, -0.25) is 0 Å². The number of nitrogens with zero attached hydrogens (tertiary/aromatic N) is 2. The molecule has 0 unspecified atom stereocenters. The molecule has 0 spiro atoms. The summed E-state index contributed by atoms with van der Waals surface area (Å²) >= 11 is 0. The molecule has 1 heterocycles. The summed E-state index contributed by atoms with van der Waals surface area (Å²) in [7, 11) is -3.31. The van der Waals surface area contributed by atoms with Gasteiger partial charge in [-0.25, -0.2) is 8.42 Å². The molecule has 6 heteroatoms. The summed E-state index contributed by atoms with van der Waals surface area (Å²) in [5.74, 6) is 0.378. The topological polar surface area (TPSA) is 73.1 Å². The average Bonchev–Trinajstić information content (AvgIpc) is 2.87. The lowest BCUT2D eigenvalue weighted by Gasteiger charge is -2.10. The molecule has 0 aliphatic carbocycles. The molecule has 5 nitrogen and oxygen atoms in total. The minimum atomic E-state index is -3.31. The van der Waals surface area contributed by atoms with Crippen LogP contribution in [0.2, 0.25) is 0 Å². The van der Waals surface area contributed by atoms with E-state index >= 15 is 0 Å². The van der Waals surface area contributed by atoms with Crippen LogP contribution in [-0.4, -0.2) is 24.3 Å². The Morgan fingerprint density at radius 3 is 2.45 bits per heavy atom. The van der Waals surface area contributed by atoms with Crippen LogP contribution in [0.4, 0.5) is 0 Å². The SMILES string of the molecule is CC(C)(C)c1nc(CS(=O)(=O)CC=Cc2ccccc2)no1. The Morgan fingerprint density at radius 1 is 1.18 bits per heavy atom. The molecule has 0 fully saturated rings.